The molecule has 0 spiro atoms. The second kappa shape index (κ2) is 6.23. The van der Waals surface area contributed by atoms with E-state index >= 15 is 0 Å². The maximum Gasteiger partial charge on any atom is 0.0453 e. The number of benzene rings is 2. The highest BCUT2D eigenvalue weighted by molar-refractivity contribution is 6.31. The molecular formula is C17H20ClN. The lowest BCUT2D eigenvalue weighted by Crippen LogP contribution is -2.18. The van der Waals surface area contributed by atoms with E-state index in [0.29, 0.717) is 0 Å². The van der Waals surface area contributed by atoms with Crippen LogP contribution in [0, 0.1) is 13.8 Å². The minimum absolute atomic E-state index is 0.246. The highest BCUT2D eigenvalue weighted by atomic mass is 35.5. The van der Waals surface area contributed by atoms with E-state index in [2.05, 4.69) is 50.4 Å². The number of hydrogen-bond donors (Lipinski definition) is 1. The van der Waals surface area contributed by atoms with Crippen LogP contribution in [0.4, 0.5) is 0 Å². The zero-order valence-electron chi connectivity index (χ0n) is 11.7. The highest BCUT2D eigenvalue weighted by Crippen LogP contribution is 2.22. The smallest absolute Gasteiger partial charge is 0.0453 e. The lowest BCUT2D eigenvalue weighted by molar-refractivity contribution is 0.574. The van der Waals surface area contributed by atoms with E-state index < -0.39 is 0 Å². The van der Waals surface area contributed by atoms with Gasteiger partial charge < -0.3 is 5.32 Å². The highest BCUT2D eigenvalue weighted by Gasteiger charge is 2.08. The second-order valence-electron chi connectivity index (χ2n) is 5.04. The number of rotatable bonds is 4. The van der Waals surface area contributed by atoms with Gasteiger partial charge in [-0.1, -0.05) is 48.0 Å². The zero-order chi connectivity index (χ0) is 13.8. The van der Waals surface area contributed by atoms with Gasteiger partial charge in [0.25, 0.3) is 0 Å². The first kappa shape index (κ1) is 14.1. The van der Waals surface area contributed by atoms with E-state index in [1.807, 2.05) is 18.2 Å². The van der Waals surface area contributed by atoms with Crippen LogP contribution >= 0.6 is 11.6 Å². The van der Waals surface area contributed by atoms with Gasteiger partial charge in [0.1, 0.15) is 0 Å². The second-order valence-corrected chi connectivity index (χ2v) is 5.45. The molecule has 2 heteroatoms. The Balaban J connectivity index is 2.02. The summed E-state index contributed by atoms with van der Waals surface area (Å²) in [7, 11) is 0. The average molecular weight is 274 g/mol. The van der Waals surface area contributed by atoms with Gasteiger partial charge in [-0.2, -0.15) is 0 Å². The standard InChI is InChI=1S/C17H20ClN/c1-12-8-9-15(10-13(12)2)11-19-14(3)16-6-4-5-7-17(16)18/h4-10,14,19H,11H2,1-3H3/t14-/m0/s1. The van der Waals surface area contributed by atoms with Gasteiger partial charge in [-0.3, -0.25) is 0 Å². The molecule has 0 heterocycles. The van der Waals surface area contributed by atoms with Crippen molar-refractivity contribution in [1.29, 1.82) is 0 Å². The number of aryl methyl sites for hydroxylation is 2. The zero-order valence-corrected chi connectivity index (χ0v) is 12.5. The van der Waals surface area contributed by atoms with E-state index in [9.17, 15) is 0 Å². The number of nitrogens with one attached hydrogen (secondary N) is 1. The van der Waals surface area contributed by atoms with Gasteiger partial charge in [0, 0.05) is 17.6 Å². The molecule has 2 aromatic rings. The maximum atomic E-state index is 6.21. The van der Waals surface area contributed by atoms with Gasteiger partial charge in [-0.05, 0) is 49.1 Å². The van der Waals surface area contributed by atoms with Gasteiger partial charge in [0.15, 0.2) is 0 Å². The quantitative estimate of drug-likeness (QED) is 0.843. The fourth-order valence-corrected chi connectivity index (χ4v) is 2.42. The molecule has 1 atom stereocenters. The lowest BCUT2D eigenvalue weighted by Gasteiger charge is -2.16. The van der Waals surface area contributed by atoms with E-state index in [1.54, 1.807) is 0 Å². The van der Waals surface area contributed by atoms with Crippen LogP contribution in [0.5, 0.6) is 0 Å². The number of hydrogen-bond acceptors (Lipinski definition) is 1. The third-order valence-electron chi connectivity index (χ3n) is 3.56. The van der Waals surface area contributed by atoms with Crippen molar-refractivity contribution < 1.29 is 0 Å². The first-order valence-electron chi connectivity index (χ1n) is 6.62. The van der Waals surface area contributed by atoms with Gasteiger partial charge in [-0.15, -0.1) is 0 Å². The molecule has 100 valence electrons. The summed E-state index contributed by atoms with van der Waals surface area (Å²) in [5.74, 6) is 0. The molecule has 19 heavy (non-hydrogen) atoms. The van der Waals surface area contributed by atoms with Gasteiger partial charge >= 0.3 is 0 Å². The van der Waals surface area contributed by atoms with Crippen molar-refractivity contribution in [2.45, 2.75) is 33.4 Å². The van der Waals surface area contributed by atoms with Crippen LogP contribution in [0.25, 0.3) is 0 Å². The first-order chi connectivity index (χ1) is 9.08. The fraction of sp³-hybridized carbons (Fsp3) is 0.294. The van der Waals surface area contributed by atoms with E-state index in [0.717, 1.165) is 17.1 Å². The SMILES string of the molecule is Cc1ccc(CN[C@@H](C)c2ccccc2Cl)cc1C. The molecule has 2 aromatic carbocycles. The van der Waals surface area contributed by atoms with Crippen molar-refractivity contribution in [3.05, 3.63) is 69.7 Å². The molecule has 0 amide bonds. The van der Waals surface area contributed by atoms with Crippen LogP contribution in [-0.4, -0.2) is 0 Å². The molecular weight excluding hydrogens is 254 g/mol. The van der Waals surface area contributed by atoms with Crippen molar-refractivity contribution >= 4 is 11.6 Å². The topological polar surface area (TPSA) is 12.0 Å². The summed E-state index contributed by atoms with van der Waals surface area (Å²) in [6.07, 6.45) is 0. The van der Waals surface area contributed by atoms with E-state index in [1.165, 1.54) is 16.7 Å². The predicted octanol–water partition coefficient (Wildman–Crippen LogP) is 4.81. The van der Waals surface area contributed by atoms with Crippen LogP contribution in [0.2, 0.25) is 5.02 Å². The van der Waals surface area contributed by atoms with Gasteiger partial charge in [-0.25, -0.2) is 0 Å². The Morgan fingerprint density at radius 2 is 1.79 bits per heavy atom. The molecule has 0 unspecified atom stereocenters. The Labute approximate surface area is 120 Å². The Hall–Kier alpha value is -1.31. The van der Waals surface area contributed by atoms with Crippen LogP contribution in [0.3, 0.4) is 0 Å². The van der Waals surface area contributed by atoms with Gasteiger partial charge in [0.05, 0.1) is 0 Å². The number of halogens is 1. The molecule has 0 saturated carbocycles. The normalized spacial score (nSPS) is 12.4. The first-order valence-corrected chi connectivity index (χ1v) is 6.99. The van der Waals surface area contributed by atoms with Crippen LogP contribution in [-0.2, 0) is 6.54 Å². The monoisotopic (exact) mass is 273 g/mol. The lowest BCUT2D eigenvalue weighted by atomic mass is 10.1. The Morgan fingerprint density at radius 1 is 1.05 bits per heavy atom. The summed E-state index contributed by atoms with van der Waals surface area (Å²) in [4.78, 5) is 0. The van der Waals surface area contributed by atoms with Crippen LogP contribution < -0.4 is 5.32 Å². The van der Waals surface area contributed by atoms with E-state index in [-0.39, 0.29) is 6.04 Å². The molecule has 2 rings (SSSR count). The third kappa shape index (κ3) is 3.59. The van der Waals surface area contributed by atoms with Crippen molar-refractivity contribution in [2.24, 2.45) is 0 Å². The minimum Gasteiger partial charge on any atom is -0.306 e. The Morgan fingerprint density at radius 3 is 2.47 bits per heavy atom. The molecule has 0 aliphatic rings. The molecule has 0 aliphatic heterocycles. The predicted molar refractivity (Wildman–Crippen MR) is 82.6 cm³/mol. The molecule has 0 saturated heterocycles. The van der Waals surface area contributed by atoms with Crippen molar-refractivity contribution in [2.75, 3.05) is 0 Å². The molecule has 0 fully saturated rings. The summed E-state index contributed by atoms with van der Waals surface area (Å²) in [6.45, 7) is 7.28. The Kier molecular flexibility index (Phi) is 4.62. The molecule has 0 bridgehead atoms. The minimum atomic E-state index is 0.246. The van der Waals surface area contributed by atoms with Crippen molar-refractivity contribution in [3.63, 3.8) is 0 Å². The van der Waals surface area contributed by atoms with Crippen molar-refractivity contribution in [3.8, 4) is 0 Å². The summed E-state index contributed by atoms with van der Waals surface area (Å²) >= 11 is 6.21. The molecule has 1 N–H and O–H groups in total. The Bertz CT molecular complexity index is 563. The molecule has 0 aliphatic carbocycles. The van der Waals surface area contributed by atoms with E-state index in [4.69, 9.17) is 11.6 Å². The molecule has 0 aromatic heterocycles. The average Bonchev–Trinajstić information content (AvgIpc) is 2.40. The molecule has 0 radical (unpaired) electrons. The maximum absolute atomic E-state index is 6.21. The third-order valence-corrected chi connectivity index (χ3v) is 3.90. The van der Waals surface area contributed by atoms with Crippen LogP contribution in [0.1, 0.15) is 35.2 Å². The summed E-state index contributed by atoms with van der Waals surface area (Å²) in [5.41, 5.74) is 5.13. The fourth-order valence-electron chi connectivity index (χ4n) is 2.12. The summed E-state index contributed by atoms with van der Waals surface area (Å²) < 4.78 is 0. The van der Waals surface area contributed by atoms with Crippen molar-refractivity contribution in [1.82, 2.24) is 5.32 Å². The summed E-state index contributed by atoms with van der Waals surface area (Å²) in [6, 6.07) is 14.8. The molecule has 1 nitrogen and oxygen atoms in total. The van der Waals surface area contributed by atoms with Gasteiger partial charge in [0.2, 0.25) is 0 Å². The summed E-state index contributed by atoms with van der Waals surface area (Å²) in [5, 5.41) is 4.34. The largest absolute Gasteiger partial charge is 0.306 e. The van der Waals surface area contributed by atoms with Crippen LogP contribution in [0.15, 0.2) is 42.5 Å².